The van der Waals surface area contributed by atoms with Gasteiger partial charge in [-0.2, -0.15) is 0 Å². The largest absolute Gasteiger partial charge is 0.501 e. The third-order valence-electron chi connectivity index (χ3n) is 5.41. The lowest BCUT2D eigenvalue weighted by atomic mass is 9.82. The Hall–Kier alpha value is -0.700. The molecule has 20 heavy (non-hydrogen) atoms. The minimum Gasteiger partial charge on any atom is -0.501 e. The summed E-state index contributed by atoms with van der Waals surface area (Å²) in [4.78, 5) is 14.1. The number of hydrogen-bond acceptors (Lipinski definition) is 2. The fraction of sp³-hybridized carbons (Fsp3) is 0.812. The molecule has 0 aromatic carbocycles. The van der Waals surface area contributed by atoms with Gasteiger partial charge < -0.3 is 9.64 Å². The molecule has 112 valence electrons. The van der Waals surface area contributed by atoms with E-state index in [1.807, 2.05) is 4.90 Å². The van der Waals surface area contributed by atoms with Gasteiger partial charge in [-0.15, -0.1) is 0 Å². The van der Waals surface area contributed by atoms with Crippen LogP contribution in [0.15, 0.2) is 11.8 Å². The van der Waals surface area contributed by atoms with E-state index in [0.717, 1.165) is 31.4 Å². The van der Waals surface area contributed by atoms with Crippen LogP contribution in [0.2, 0.25) is 0 Å². The van der Waals surface area contributed by atoms with Gasteiger partial charge in [-0.05, 0) is 43.4 Å². The van der Waals surface area contributed by atoms with Gasteiger partial charge >= 0.3 is 5.37 Å². The molecule has 2 aliphatic carbocycles. The lowest BCUT2D eigenvalue weighted by Crippen LogP contribution is -2.51. The first-order chi connectivity index (χ1) is 9.72. The highest BCUT2D eigenvalue weighted by molar-refractivity contribution is 6.62. The second-order valence-electron chi connectivity index (χ2n) is 6.41. The molecule has 4 unspecified atom stereocenters. The molecule has 0 radical (unpaired) electrons. The van der Waals surface area contributed by atoms with Gasteiger partial charge in [-0.1, -0.05) is 25.7 Å². The van der Waals surface area contributed by atoms with Crippen LogP contribution in [0.5, 0.6) is 0 Å². The highest BCUT2D eigenvalue weighted by Crippen LogP contribution is 2.43. The standard InChI is InChI=1S/C16H24ClNO2/c1-20-15-10-11-6-2-4-8-13(11)18(16(17)19)14-9-5-3-7-12(14)15/h10-14H,2-9H2,1H3. The van der Waals surface area contributed by atoms with Crippen molar-refractivity contribution in [3.05, 3.63) is 11.8 Å². The Kier molecular flexibility index (Phi) is 4.25. The summed E-state index contributed by atoms with van der Waals surface area (Å²) < 4.78 is 5.70. The van der Waals surface area contributed by atoms with E-state index in [1.54, 1.807) is 7.11 Å². The summed E-state index contributed by atoms with van der Waals surface area (Å²) in [6, 6.07) is 0.528. The number of amides is 1. The SMILES string of the molecule is COC1=CC2CCCCC2N(C(=O)Cl)C2CCCCC12. The molecule has 0 saturated heterocycles. The smallest absolute Gasteiger partial charge is 0.316 e. The predicted octanol–water partition coefficient (Wildman–Crippen LogP) is 4.31. The first-order valence-electron chi connectivity index (χ1n) is 7.96. The quantitative estimate of drug-likeness (QED) is 0.533. The number of ether oxygens (including phenoxy) is 1. The number of nitrogens with zero attached hydrogens (tertiary/aromatic N) is 1. The molecule has 0 aromatic heterocycles. The minimum absolute atomic E-state index is 0.244. The Morgan fingerprint density at radius 2 is 1.80 bits per heavy atom. The van der Waals surface area contributed by atoms with E-state index in [-0.39, 0.29) is 17.5 Å². The van der Waals surface area contributed by atoms with E-state index in [4.69, 9.17) is 16.3 Å². The molecular weight excluding hydrogens is 274 g/mol. The van der Waals surface area contributed by atoms with Crippen molar-refractivity contribution in [1.82, 2.24) is 4.90 Å². The van der Waals surface area contributed by atoms with Gasteiger partial charge in [0.2, 0.25) is 0 Å². The van der Waals surface area contributed by atoms with Crippen molar-refractivity contribution in [3.63, 3.8) is 0 Å². The molecule has 2 saturated carbocycles. The average Bonchev–Trinajstić information content (AvgIpc) is 2.61. The van der Waals surface area contributed by atoms with E-state index in [1.165, 1.54) is 25.7 Å². The molecule has 3 rings (SSSR count). The summed E-state index contributed by atoms with van der Waals surface area (Å²) in [6.07, 6.45) is 11.6. The second kappa shape index (κ2) is 5.97. The number of hydrogen-bond donors (Lipinski definition) is 0. The number of rotatable bonds is 1. The Balaban J connectivity index is 1.99. The molecule has 4 atom stereocenters. The zero-order valence-electron chi connectivity index (χ0n) is 12.2. The number of carbonyl (C=O) groups is 1. The Morgan fingerprint density at radius 3 is 2.50 bits per heavy atom. The van der Waals surface area contributed by atoms with Crippen molar-refractivity contribution in [2.75, 3.05) is 7.11 Å². The van der Waals surface area contributed by atoms with Crippen LogP contribution in [0, 0.1) is 11.8 Å². The van der Waals surface area contributed by atoms with E-state index in [0.29, 0.717) is 11.8 Å². The zero-order chi connectivity index (χ0) is 14.1. The summed E-state index contributed by atoms with van der Waals surface area (Å²) in [7, 11) is 1.77. The van der Waals surface area contributed by atoms with Crippen LogP contribution in [-0.4, -0.2) is 29.5 Å². The summed E-state index contributed by atoms with van der Waals surface area (Å²) in [6.45, 7) is 0. The van der Waals surface area contributed by atoms with E-state index in [9.17, 15) is 4.79 Å². The lowest BCUT2D eigenvalue weighted by molar-refractivity contribution is 0.0764. The van der Waals surface area contributed by atoms with Crippen LogP contribution in [0.3, 0.4) is 0 Å². The van der Waals surface area contributed by atoms with Gasteiger partial charge in [0.05, 0.1) is 12.9 Å². The summed E-state index contributed by atoms with van der Waals surface area (Å²) >= 11 is 5.98. The summed E-state index contributed by atoms with van der Waals surface area (Å²) in [5.41, 5.74) is 0. The normalized spacial score (nSPS) is 37.3. The molecule has 1 amide bonds. The average molecular weight is 298 g/mol. The lowest BCUT2D eigenvalue weighted by Gasteiger charge is -2.43. The predicted molar refractivity (Wildman–Crippen MR) is 79.7 cm³/mol. The third-order valence-corrected chi connectivity index (χ3v) is 5.60. The van der Waals surface area contributed by atoms with Crippen molar-refractivity contribution in [1.29, 1.82) is 0 Å². The molecule has 1 heterocycles. The molecule has 0 spiro atoms. The van der Waals surface area contributed by atoms with Gasteiger partial charge in [0.15, 0.2) is 0 Å². The molecule has 0 N–H and O–H groups in total. The van der Waals surface area contributed by atoms with E-state index >= 15 is 0 Å². The Morgan fingerprint density at radius 1 is 1.15 bits per heavy atom. The van der Waals surface area contributed by atoms with Crippen LogP contribution in [0.25, 0.3) is 0 Å². The van der Waals surface area contributed by atoms with Crippen LogP contribution in [0.4, 0.5) is 4.79 Å². The van der Waals surface area contributed by atoms with Crippen molar-refractivity contribution >= 4 is 17.0 Å². The van der Waals surface area contributed by atoms with Gasteiger partial charge in [0, 0.05) is 23.9 Å². The second-order valence-corrected chi connectivity index (χ2v) is 6.73. The molecule has 3 aliphatic rings. The van der Waals surface area contributed by atoms with Crippen molar-refractivity contribution in [2.45, 2.75) is 63.5 Å². The molecule has 3 nitrogen and oxygen atoms in total. The number of methoxy groups -OCH3 is 1. The van der Waals surface area contributed by atoms with Crippen LogP contribution < -0.4 is 0 Å². The first-order valence-corrected chi connectivity index (χ1v) is 8.33. The highest BCUT2D eigenvalue weighted by Gasteiger charge is 2.44. The van der Waals surface area contributed by atoms with Gasteiger partial charge in [0.1, 0.15) is 0 Å². The first kappa shape index (κ1) is 14.2. The zero-order valence-corrected chi connectivity index (χ0v) is 12.9. The molecule has 0 bridgehead atoms. The van der Waals surface area contributed by atoms with Crippen LogP contribution in [0.1, 0.15) is 51.4 Å². The topological polar surface area (TPSA) is 29.5 Å². The highest BCUT2D eigenvalue weighted by atomic mass is 35.5. The van der Waals surface area contributed by atoms with E-state index in [2.05, 4.69) is 6.08 Å². The maximum atomic E-state index is 12.1. The van der Waals surface area contributed by atoms with Gasteiger partial charge in [0.25, 0.3) is 0 Å². The monoisotopic (exact) mass is 297 g/mol. The number of halogens is 1. The summed E-state index contributed by atoms with van der Waals surface area (Å²) in [5.74, 6) is 1.88. The minimum atomic E-state index is -0.260. The van der Waals surface area contributed by atoms with Crippen LogP contribution in [-0.2, 0) is 4.74 Å². The maximum Gasteiger partial charge on any atom is 0.316 e. The van der Waals surface area contributed by atoms with E-state index < -0.39 is 0 Å². The van der Waals surface area contributed by atoms with Crippen molar-refractivity contribution in [2.24, 2.45) is 11.8 Å². The van der Waals surface area contributed by atoms with Crippen molar-refractivity contribution < 1.29 is 9.53 Å². The number of carbonyl (C=O) groups excluding carboxylic acids is 1. The Bertz CT molecular complexity index is 409. The fourth-order valence-electron chi connectivity index (χ4n) is 4.52. The van der Waals surface area contributed by atoms with Gasteiger partial charge in [-0.25, -0.2) is 0 Å². The molecular formula is C16H24ClNO2. The summed E-state index contributed by atoms with van der Waals surface area (Å²) in [5, 5.41) is -0.260. The number of fused-ring (bicyclic) bond motifs is 2. The van der Waals surface area contributed by atoms with Crippen molar-refractivity contribution in [3.8, 4) is 0 Å². The molecule has 1 aliphatic heterocycles. The molecule has 0 aromatic rings. The molecule has 4 heteroatoms. The van der Waals surface area contributed by atoms with Crippen LogP contribution >= 0.6 is 11.6 Å². The fourth-order valence-corrected chi connectivity index (χ4v) is 4.77. The maximum absolute atomic E-state index is 12.1. The molecule has 2 fully saturated rings. The van der Waals surface area contributed by atoms with Gasteiger partial charge in [-0.3, -0.25) is 4.79 Å². The third kappa shape index (κ3) is 2.45. The Labute approximate surface area is 126 Å².